The number of fused-ring (bicyclic) bond motifs is 3. The molecule has 0 aromatic rings. The van der Waals surface area contributed by atoms with E-state index in [1.165, 1.54) is 4.90 Å². The third-order valence-electron chi connectivity index (χ3n) is 5.50. The molecule has 4 aliphatic rings. The summed E-state index contributed by atoms with van der Waals surface area (Å²) in [5.74, 6) is -0.429. The van der Waals surface area contributed by atoms with Crippen LogP contribution in [0.25, 0.3) is 0 Å². The van der Waals surface area contributed by atoms with E-state index in [1.54, 1.807) is 0 Å². The second-order valence-corrected chi connectivity index (χ2v) is 8.29. The smallest absolute Gasteiger partial charge is 0.309 e. The molecule has 11 nitrogen and oxygen atoms in total. The lowest BCUT2D eigenvalue weighted by Gasteiger charge is -2.37. The summed E-state index contributed by atoms with van der Waals surface area (Å²) in [5.41, 5.74) is 2.07. The summed E-state index contributed by atoms with van der Waals surface area (Å²) in [7, 11) is -2.88. The van der Waals surface area contributed by atoms with E-state index in [-0.39, 0.29) is 18.1 Å². The standard InChI is InChI=1S/C13H20N4O7S/c1-15-5-8(6-15)23-14-11(18)9-4-13(2-3-13)10-7-16(9)12(19)17(10)24-25(20,21)22/h8-10H,2-7H2,1H3,(H,14,18)(H,20,21,22). The summed E-state index contributed by atoms with van der Waals surface area (Å²) < 4.78 is 35.4. The quantitative estimate of drug-likeness (QED) is 0.449. The van der Waals surface area contributed by atoms with Gasteiger partial charge in [0.05, 0.1) is 6.04 Å². The van der Waals surface area contributed by atoms with Crippen molar-refractivity contribution in [2.24, 2.45) is 5.41 Å². The molecule has 1 aliphatic carbocycles. The van der Waals surface area contributed by atoms with Gasteiger partial charge in [0.2, 0.25) is 0 Å². The van der Waals surface area contributed by atoms with E-state index < -0.39 is 34.4 Å². The number of hydrogen-bond donors (Lipinski definition) is 2. The van der Waals surface area contributed by atoms with Crippen LogP contribution in [-0.4, -0.2) is 84.6 Å². The number of nitrogens with zero attached hydrogens (tertiary/aromatic N) is 3. The van der Waals surface area contributed by atoms with Crippen LogP contribution in [0.3, 0.4) is 0 Å². The number of urea groups is 1. The minimum Gasteiger partial charge on any atom is -0.309 e. The Morgan fingerprint density at radius 3 is 2.56 bits per heavy atom. The van der Waals surface area contributed by atoms with Crippen LogP contribution in [0.2, 0.25) is 0 Å². The molecule has 12 heteroatoms. The first-order valence-corrected chi connectivity index (χ1v) is 9.46. The zero-order chi connectivity index (χ0) is 18.0. The lowest BCUT2D eigenvalue weighted by molar-refractivity contribution is -0.153. The number of hydroxylamine groups is 3. The van der Waals surface area contributed by atoms with Gasteiger partial charge in [0.1, 0.15) is 12.1 Å². The highest BCUT2D eigenvalue weighted by Crippen LogP contribution is 2.59. The Morgan fingerprint density at radius 2 is 2.00 bits per heavy atom. The summed E-state index contributed by atoms with van der Waals surface area (Å²) in [6.07, 6.45) is 1.87. The highest BCUT2D eigenvalue weighted by molar-refractivity contribution is 7.80. The van der Waals surface area contributed by atoms with Crippen LogP contribution in [0, 0.1) is 5.41 Å². The molecular formula is C13H20N4O7S. The second-order valence-electron chi connectivity index (χ2n) is 7.29. The summed E-state index contributed by atoms with van der Waals surface area (Å²) in [6.45, 7) is 1.61. The van der Waals surface area contributed by atoms with Crippen molar-refractivity contribution in [1.82, 2.24) is 20.3 Å². The Morgan fingerprint density at radius 1 is 1.32 bits per heavy atom. The van der Waals surface area contributed by atoms with E-state index in [4.69, 9.17) is 9.39 Å². The average molecular weight is 376 g/mol. The van der Waals surface area contributed by atoms with Gasteiger partial charge in [0.15, 0.2) is 0 Å². The molecule has 3 aliphatic heterocycles. The molecule has 25 heavy (non-hydrogen) atoms. The van der Waals surface area contributed by atoms with Crippen LogP contribution in [0.15, 0.2) is 0 Å². The van der Waals surface area contributed by atoms with Crippen LogP contribution >= 0.6 is 0 Å². The van der Waals surface area contributed by atoms with Crippen molar-refractivity contribution < 1.29 is 31.7 Å². The maximum absolute atomic E-state index is 12.5. The Hall–Kier alpha value is -1.47. The molecule has 4 rings (SSSR count). The number of carbonyl (C=O) groups excluding carboxylic acids is 2. The molecule has 1 spiro atoms. The number of amides is 3. The van der Waals surface area contributed by atoms with E-state index in [2.05, 4.69) is 9.76 Å². The molecule has 1 saturated carbocycles. The van der Waals surface area contributed by atoms with Gasteiger partial charge in [-0.05, 0) is 31.7 Å². The molecule has 2 unspecified atom stereocenters. The van der Waals surface area contributed by atoms with Gasteiger partial charge in [-0.15, -0.1) is 4.28 Å². The maximum Gasteiger partial charge on any atom is 0.418 e. The van der Waals surface area contributed by atoms with Gasteiger partial charge in [-0.1, -0.05) is 0 Å². The molecule has 2 bridgehead atoms. The summed E-state index contributed by atoms with van der Waals surface area (Å²) >= 11 is 0. The van der Waals surface area contributed by atoms with Gasteiger partial charge in [-0.25, -0.2) is 10.3 Å². The Kier molecular flexibility index (Phi) is 3.74. The van der Waals surface area contributed by atoms with Crippen molar-refractivity contribution in [3.63, 3.8) is 0 Å². The molecular weight excluding hydrogens is 356 g/mol. The van der Waals surface area contributed by atoms with Crippen molar-refractivity contribution in [3.8, 4) is 0 Å². The Bertz CT molecular complexity index is 703. The second kappa shape index (κ2) is 5.51. The molecule has 0 aromatic carbocycles. The summed E-state index contributed by atoms with van der Waals surface area (Å²) in [6, 6.07) is -1.99. The van der Waals surface area contributed by atoms with Gasteiger partial charge >= 0.3 is 16.4 Å². The van der Waals surface area contributed by atoms with Crippen molar-refractivity contribution in [3.05, 3.63) is 0 Å². The predicted octanol–water partition coefficient (Wildman–Crippen LogP) is -1.26. The first-order valence-electron chi connectivity index (χ1n) is 8.09. The molecule has 3 saturated heterocycles. The van der Waals surface area contributed by atoms with Crippen LogP contribution in [0.5, 0.6) is 0 Å². The molecule has 0 aromatic heterocycles. The molecule has 2 atom stereocenters. The zero-order valence-electron chi connectivity index (χ0n) is 13.6. The van der Waals surface area contributed by atoms with Gasteiger partial charge in [-0.2, -0.15) is 13.5 Å². The SMILES string of the molecule is CN1CC(ONC(=O)C2CC3(CC3)C3CN2C(=O)N3OS(=O)(=O)O)C1. The number of piperidine rings is 1. The lowest BCUT2D eigenvalue weighted by Crippen LogP contribution is -2.56. The van der Waals surface area contributed by atoms with E-state index >= 15 is 0 Å². The van der Waals surface area contributed by atoms with Gasteiger partial charge in [0.25, 0.3) is 5.91 Å². The van der Waals surface area contributed by atoms with Crippen molar-refractivity contribution in [2.45, 2.75) is 37.5 Å². The molecule has 4 fully saturated rings. The van der Waals surface area contributed by atoms with Crippen LogP contribution in [0.4, 0.5) is 4.79 Å². The highest BCUT2D eigenvalue weighted by atomic mass is 32.3. The van der Waals surface area contributed by atoms with E-state index in [9.17, 15) is 18.0 Å². The average Bonchev–Trinajstić information content (AvgIpc) is 3.20. The molecule has 140 valence electrons. The van der Waals surface area contributed by atoms with Gasteiger partial charge < -0.3 is 9.80 Å². The number of rotatable bonds is 5. The van der Waals surface area contributed by atoms with Crippen molar-refractivity contribution in [1.29, 1.82) is 0 Å². The molecule has 3 heterocycles. The summed E-state index contributed by atoms with van der Waals surface area (Å²) in [4.78, 5) is 33.6. The van der Waals surface area contributed by atoms with E-state index in [0.29, 0.717) is 11.5 Å². The molecule has 3 amide bonds. The highest BCUT2D eigenvalue weighted by Gasteiger charge is 2.65. The first kappa shape index (κ1) is 17.0. The number of likely N-dealkylation sites (tertiary alicyclic amines) is 1. The van der Waals surface area contributed by atoms with Crippen molar-refractivity contribution >= 4 is 22.3 Å². The minimum absolute atomic E-state index is 0.0752. The zero-order valence-corrected chi connectivity index (χ0v) is 14.4. The van der Waals surface area contributed by atoms with Gasteiger partial charge in [0, 0.05) is 19.6 Å². The maximum atomic E-state index is 12.5. The van der Waals surface area contributed by atoms with Crippen LogP contribution in [0.1, 0.15) is 19.3 Å². The van der Waals surface area contributed by atoms with E-state index in [0.717, 1.165) is 25.9 Å². The monoisotopic (exact) mass is 376 g/mol. The Labute approximate surface area is 144 Å². The van der Waals surface area contributed by atoms with Crippen molar-refractivity contribution in [2.75, 3.05) is 26.7 Å². The summed E-state index contributed by atoms with van der Waals surface area (Å²) in [5, 5.41) is 0.692. The van der Waals surface area contributed by atoms with Crippen LogP contribution in [-0.2, 0) is 24.3 Å². The number of carbonyl (C=O) groups is 2. The fourth-order valence-electron chi connectivity index (χ4n) is 3.98. The lowest BCUT2D eigenvalue weighted by atomic mass is 9.85. The topological polar surface area (TPSA) is 129 Å². The number of nitrogens with one attached hydrogen (secondary N) is 1. The fourth-order valence-corrected chi connectivity index (χ4v) is 4.35. The fraction of sp³-hybridized carbons (Fsp3) is 0.846. The Balaban J connectivity index is 1.46. The third kappa shape index (κ3) is 2.97. The van der Waals surface area contributed by atoms with Crippen LogP contribution < -0.4 is 5.48 Å². The van der Waals surface area contributed by atoms with E-state index in [1.807, 2.05) is 11.9 Å². The minimum atomic E-state index is -4.81. The third-order valence-corrected chi connectivity index (χ3v) is 5.85. The number of hydrogen-bond acceptors (Lipinski definition) is 7. The molecule has 2 N–H and O–H groups in total. The predicted molar refractivity (Wildman–Crippen MR) is 80.9 cm³/mol. The molecule has 0 radical (unpaired) electrons. The number of likely N-dealkylation sites (N-methyl/N-ethyl adjacent to an activating group) is 1. The normalized spacial score (nSPS) is 31.4. The largest absolute Gasteiger partial charge is 0.418 e. The van der Waals surface area contributed by atoms with Gasteiger partial charge in [-0.3, -0.25) is 14.2 Å². The first-order chi connectivity index (χ1) is 11.7.